The SMILES string of the molecule is C/C=C/N1C(=O)C2Cc3ccc(C(=O)OCC)cc3C3CCCC1C23. The number of carbonyl (C=O) groups excluding carboxylic acids is 2. The molecule has 1 heterocycles. The molecule has 1 aromatic rings. The number of carbonyl (C=O) groups is 2. The second-order valence-electron chi connectivity index (χ2n) is 7.35. The molecule has 132 valence electrons. The Balaban J connectivity index is 1.73. The summed E-state index contributed by atoms with van der Waals surface area (Å²) in [6, 6.07) is 6.22. The van der Waals surface area contributed by atoms with Gasteiger partial charge < -0.3 is 9.64 Å². The molecule has 1 saturated heterocycles. The lowest BCUT2D eigenvalue weighted by Crippen LogP contribution is -2.38. The normalized spacial score (nSPS) is 30.3. The van der Waals surface area contributed by atoms with Crippen molar-refractivity contribution < 1.29 is 14.3 Å². The molecule has 0 bridgehead atoms. The second-order valence-corrected chi connectivity index (χ2v) is 7.35. The first-order chi connectivity index (χ1) is 12.2. The molecule has 2 fully saturated rings. The van der Waals surface area contributed by atoms with Gasteiger partial charge in [-0.2, -0.15) is 0 Å². The molecule has 1 amide bonds. The maximum atomic E-state index is 12.9. The summed E-state index contributed by atoms with van der Waals surface area (Å²) >= 11 is 0. The Kier molecular flexibility index (Phi) is 4.14. The van der Waals surface area contributed by atoms with Crippen molar-refractivity contribution in [3.8, 4) is 0 Å². The summed E-state index contributed by atoms with van der Waals surface area (Å²) in [7, 11) is 0. The van der Waals surface area contributed by atoms with Crippen molar-refractivity contribution in [2.24, 2.45) is 11.8 Å². The van der Waals surface area contributed by atoms with Crippen molar-refractivity contribution in [3.63, 3.8) is 0 Å². The van der Waals surface area contributed by atoms with Gasteiger partial charge in [0.1, 0.15) is 0 Å². The van der Waals surface area contributed by atoms with Gasteiger partial charge in [-0.1, -0.05) is 18.6 Å². The highest BCUT2D eigenvalue weighted by Crippen LogP contribution is 2.53. The fourth-order valence-corrected chi connectivity index (χ4v) is 5.23. The van der Waals surface area contributed by atoms with E-state index in [0.29, 0.717) is 30.0 Å². The zero-order valence-corrected chi connectivity index (χ0v) is 14.9. The molecule has 4 rings (SSSR count). The smallest absolute Gasteiger partial charge is 0.338 e. The third kappa shape index (κ3) is 2.50. The van der Waals surface area contributed by atoms with E-state index in [1.807, 2.05) is 49.2 Å². The Morgan fingerprint density at radius 2 is 2.16 bits per heavy atom. The van der Waals surface area contributed by atoms with Crippen LogP contribution in [-0.2, 0) is 16.0 Å². The Bertz CT molecular complexity index is 739. The summed E-state index contributed by atoms with van der Waals surface area (Å²) in [5, 5.41) is 0. The van der Waals surface area contributed by atoms with E-state index in [0.717, 1.165) is 25.7 Å². The van der Waals surface area contributed by atoms with Crippen molar-refractivity contribution in [2.45, 2.75) is 51.5 Å². The first-order valence-corrected chi connectivity index (χ1v) is 9.40. The van der Waals surface area contributed by atoms with Gasteiger partial charge in [0.2, 0.25) is 5.91 Å². The van der Waals surface area contributed by atoms with E-state index in [2.05, 4.69) is 0 Å². The van der Waals surface area contributed by atoms with Crippen LogP contribution in [0.3, 0.4) is 0 Å². The maximum absolute atomic E-state index is 12.9. The monoisotopic (exact) mass is 339 g/mol. The van der Waals surface area contributed by atoms with Crippen LogP contribution in [0.2, 0.25) is 0 Å². The number of likely N-dealkylation sites (tertiary alicyclic amines) is 1. The fourth-order valence-electron chi connectivity index (χ4n) is 5.23. The van der Waals surface area contributed by atoms with Gasteiger partial charge >= 0.3 is 5.97 Å². The molecule has 1 saturated carbocycles. The Morgan fingerprint density at radius 1 is 1.32 bits per heavy atom. The summed E-state index contributed by atoms with van der Waals surface area (Å²) in [5.41, 5.74) is 3.14. The number of nitrogens with zero attached hydrogens (tertiary/aromatic N) is 1. The zero-order valence-electron chi connectivity index (χ0n) is 14.9. The maximum Gasteiger partial charge on any atom is 0.338 e. The average Bonchev–Trinajstić information content (AvgIpc) is 2.89. The van der Waals surface area contributed by atoms with Crippen LogP contribution in [0.1, 0.15) is 60.5 Å². The molecule has 0 N–H and O–H groups in total. The quantitative estimate of drug-likeness (QED) is 0.790. The summed E-state index contributed by atoms with van der Waals surface area (Å²) < 4.78 is 5.17. The number of esters is 1. The lowest BCUT2D eigenvalue weighted by molar-refractivity contribution is -0.129. The van der Waals surface area contributed by atoms with Crippen LogP contribution >= 0.6 is 0 Å². The molecule has 0 spiro atoms. The van der Waals surface area contributed by atoms with Crippen LogP contribution in [0.25, 0.3) is 0 Å². The third-order valence-electron chi connectivity index (χ3n) is 6.12. The molecular weight excluding hydrogens is 314 g/mol. The lowest BCUT2D eigenvalue weighted by atomic mass is 9.63. The lowest BCUT2D eigenvalue weighted by Gasteiger charge is -2.41. The van der Waals surface area contributed by atoms with E-state index in [1.54, 1.807) is 0 Å². The van der Waals surface area contributed by atoms with Crippen LogP contribution in [0.4, 0.5) is 0 Å². The molecule has 4 heteroatoms. The molecule has 1 aliphatic heterocycles. The number of rotatable bonds is 3. The topological polar surface area (TPSA) is 46.6 Å². The number of benzene rings is 1. The molecule has 1 aromatic carbocycles. The summed E-state index contributed by atoms with van der Waals surface area (Å²) in [5.74, 6) is 0.869. The van der Waals surface area contributed by atoms with Crippen LogP contribution in [0, 0.1) is 11.8 Å². The van der Waals surface area contributed by atoms with Crippen molar-refractivity contribution in [3.05, 3.63) is 47.2 Å². The Labute approximate surface area is 148 Å². The van der Waals surface area contributed by atoms with Gasteiger partial charge in [0.05, 0.1) is 12.2 Å². The second kappa shape index (κ2) is 6.32. The van der Waals surface area contributed by atoms with Crippen molar-refractivity contribution in [1.82, 2.24) is 4.90 Å². The van der Waals surface area contributed by atoms with Gasteiger partial charge in [-0.25, -0.2) is 4.79 Å². The minimum absolute atomic E-state index is 0.0902. The minimum atomic E-state index is -0.252. The molecule has 0 aromatic heterocycles. The number of fused-ring (bicyclic) bond motifs is 2. The highest BCUT2D eigenvalue weighted by Gasteiger charge is 2.54. The van der Waals surface area contributed by atoms with Crippen LogP contribution in [-0.4, -0.2) is 29.4 Å². The molecule has 0 radical (unpaired) electrons. The van der Waals surface area contributed by atoms with E-state index in [4.69, 9.17) is 4.74 Å². The van der Waals surface area contributed by atoms with Gasteiger partial charge in [0, 0.05) is 18.2 Å². The summed E-state index contributed by atoms with van der Waals surface area (Å²) in [6.07, 6.45) is 8.04. The van der Waals surface area contributed by atoms with E-state index < -0.39 is 0 Å². The van der Waals surface area contributed by atoms with Crippen molar-refractivity contribution >= 4 is 11.9 Å². The number of hydrogen-bond acceptors (Lipinski definition) is 3. The van der Waals surface area contributed by atoms with Crippen LogP contribution in [0.15, 0.2) is 30.5 Å². The third-order valence-corrected chi connectivity index (χ3v) is 6.12. The molecule has 2 aliphatic carbocycles. The molecule has 25 heavy (non-hydrogen) atoms. The zero-order chi connectivity index (χ0) is 17.6. The predicted molar refractivity (Wildman–Crippen MR) is 95.1 cm³/mol. The van der Waals surface area contributed by atoms with E-state index in [9.17, 15) is 9.59 Å². The van der Waals surface area contributed by atoms with Crippen LogP contribution in [0.5, 0.6) is 0 Å². The fraction of sp³-hybridized carbons (Fsp3) is 0.524. The molecule has 4 unspecified atom stereocenters. The van der Waals surface area contributed by atoms with Gasteiger partial charge in [-0.15, -0.1) is 0 Å². The number of amides is 1. The highest BCUT2D eigenvalue weighted by atomic mass is 16.5. The molecule has 4 nitrogen and oxygen atoms in total. The van der Waals surface area contributed by atoms with Gasteiger partial charge in [-0.05, 0) is 68.2 Å². The molecule has 3 aliphatic rings. The largest absolute Gasteiger partial charge is 0.462 e. The number of allylic oxidation sites excluding steroid dienone is 1. The highest BCUT2D eigenvalue weighted by molar-refractivity contribution is 5.90. The van der Waals surface area contributed by atoms with E-state index >= 15 is 0 Å². The van der Waals surface area contributed by atoms with Crippen molar-refractivity contribution in [1.29, 1.82) is 0 Å². The van der Waals surface area contributed by atoms with Gasteiger partial charge in [-0.3, -0.25) is 4.79 Å². The number of hydrogen-bond donors (Lipinski definition) is 0. The van der Waals surface area contributed by atoms with Gasteiger partial charge in [0.15, 0.2) is 0 Å². The first kappa shape index (κ1) is 16.4. The minimum Gasteiger partial charge on any atom is -0.462 e. The Morgan fingerprint density at radius 3 is 2.92 bits per heavy atom. The number of ether oxygens (including phenoxy) is 1. The standard InChI is InChI=1S/C21H25NO3/c1-3-10-22-18-7-5-6-15-16-12-14(21(24)25-4-2)9-8-13(16)11-17(19(15)18)20(22)23/h3,8-10,12,15,17-19H,4-7,11H2,1-2H3/b10-3+. The van der Waals surface area contributed by atoms with E-state index in [-0.39, 0.29) is 17.8 Å². The summed E-state index contributed by atoms with van der Waals surface area (Å²) in [4.78, 5) is 27.1. The average molecular weight is 339 g/mol. The first-order valence-electron chi connectivity index (χ1n) is 9.40. The predicted octanol–water partition coefficient (Wildman–Crippen LogP) is 3.66. The Hall–Kier alpha value is -2.10. The van der Waals surface area contributed by atoms with E-state index in [1.165, 1.54) is 11.1 Å². The molecule has 4 atom stereocenters. The molecular formula is C21H25NO3. The van der Waals surface area contributed by atoms with Crippen molar-refractivity contribution in [2.75, 3.05) is 6.61 Å². The van der Waals surface area contributed by atoms with Gasteiger partial charge in [0.25, 0.3) is 0 Å². The van der Waals surface area contributed by atoms with Crippen LogP contribution < -0.4 is 0 Å². The summed E-state index contributed by atoms with van der Waals surface area (Å²) in [6.45, 7) is 4.18.